The smallest absolute Gasteiger partial charge is 0.337 e. The van der Waals surface area contributed by atoms with E-state index in [1.54, 1.807) is 24.3 Å². The van der Waals surface area contributed by atoms with Crippen LogP contribution in [0, 0.1) is 0 Å². The van der Waals surface area contributed by atoms with Gasteiger partial charge >= 0.3 is 5.97 Å². The van der Waals surface area contributed by atoms with Crippen molar-refractivity contribution in [2.24, 2.45) is 0 Å². The van der Waals surface area contributed by atoms with Crippen molar-refractivity contribution in [1.29, 1.82) is 0 Å². The number of rotatable bonds is 7. The van der Waals surface area contributed by atoms with Crippen molar-refractivity contribution in [2.45, 2.75) is 19.0 Å². The van der Waals surface area contributed by atoms with Crippen molar-refractivity contribution in [1.82, 2.24) is 25.5 Å². The highest BCUT2D eigenvalue weighted by Crippen LogP contribution is 2.14. The SMILES string of the molecule is COC(=O)c1ccc(CNC(=O)C(Cc2ccccc2)n2cnnn2)cc1. The summed E-state index contributed by atoms with van der Waals surface area (Å²) in [4.78, 5) is 24.2. The molecule has 0 aliphatic heterocycles. The fourth-order valence-corrected chi connectivity index (χ4v) is 2.64. The van der Waals surface area contributed by atoms with Gasteiger partial charge in [0.2, 0.25) is 5.91 Å². The Morgan fingerprint density at radius 1 is 1.07 bits per heavy atom. The maximum atomic E-state index is 12.7. The second-order valence-electron chi connectivity index (χ2n) is 5.90. The maximum Gasteiger partial charge on any atom is 0.337 e. The fraction of sp³-hybridized carbons (Fsp3) is 0.211. The van der Waals surface area contributed by atoms with Gasteiger partial charge in [-0.05, 0) is 33.7 Å². The van der Waals surface area contributed by atoms with Gasteiger partial charge in [-0.15, -0.1) is 5.10 Å². The minimum absolute atomic E-state index is 0.191. The van der Waals surface area contributed by atoms with Crippen LogP contribution in [0.5, 0.6) is 0 Å². The third-order valence-corrected chi connectivity index (χ3v) is 4.10. The van der Waals surface area contributed by atoms with Crippen LogP contribution in [0.2, 0.25) is 0 Å². The molecule has 27 heavy (non-hydrogen) atoms. The summed E-state index contributed by atoms with van der Waals surface area (Å²) < 4.78 is 6.12. The molecule has 0 spiro atoms. The molecule has 0 fully saturated rings. The monoisotopic (exact) mass is 365 g/mol. The Labute approximate surface area is 156 Å². The minimum atomic E-state index is -0.559. The van der Waals surface area contributed by atoms with E-state index in [0.29, 0.717) is 18.5 Å². The van der Waals surface area contributed by atoms with E-state index in [2.05, 4.69) is 25.6 Å². The van der Waals surface area contributed by atoms with Crippen molar-refractivity contribution >= 4 is 11.9 Å². The van der Waals surface area contributed by atoms with Crippen LogP contribution >= 0.6 is 0 Å². The number of nitrogens with zero attached hydrogens (tertiary/aromatic N) is 4. The van der Waals surface area contributed by atoms with Gasteiger partial charge in [0, 0.05) is 13.0 Å². The number of carbonyl (C=O) groups is 2. The van der Waals surface area contributed by atoms with E-state index in [1.807, 2.05) is 30.3 Å². The molecular formula is C19H19N5O3. The lowest BCUT2D eigenvalue weighted by molar-refractivity contribution is -0.124. The lowest BCUT2D eigenvalue weighted by atomic mass is 10.1. The average Bonchev–Trinajstić information content (AvgIpc) is 3.25. The van der Waals surface area contributed by atoms with Crippen molar-refractivity contribution in [3.63, 3.8) is 0 Å². The molecule has 0 aliphatic rings. The summed E-state index contributed by atoms with van der Waals surface area (Å²) in [5.41, 5.74) is 2.34. The summed E-state index contributed by atoms with van der Waals surface area (Å²) in [6, 6.07) is 16.0. The van der Waals surface area contributed by atoms with Crippen LogP contribution < -0.4 is 5.32 Å². The molecule has 1 atom stereocenters. The Bertz CT molecular complexity index is 879. The number of aromatic nitrogens is 4. The molecule has 1 N–H and O–H groups in total. The second-order valence-corrected chi connectivity index (χ2v) is 5.90. The molecule has 8 nitrogen and oxygen atoms in total. The molecule has 3 rings (SSSR count). The first kappa shape index (κ1) is 18.2. The zero-order valence-corrected chi connectivity index (χ0v) is 14.8. The number of hydrogen-bond donors (Lipinski definition) is 1. The van der Waals surface area contributed by atoms with Crippen LogP contribution in [0.4, 0.5) is 0 Å². The first-order valence-electron chi connectivity index (χ1n) is 8.38. The number of esters is 1. The van der Waals surface area contributed by atoms with Gasteiger partial charge in [0.25, 0.3) is 0 Å². The molecule has 0 aliphatic carbocycles. The van der Waals surface area contributed by atoms with Crippen LogP contribution in [-0.2, 0) is 22.5 Å². The minimum Gasteiger partial charge on any atom is -0.465 e. The van der Waals surface area contributed by atoms with Gasteiger partial charge in [0.15, 0.2) is 0 Å². The van der Waals surface area contributed by atoms with Crippen LogP contribution in [0.15, 0.2) is 60.9 Å². The number of amides is 1. The van der Waals surface area contributed by atoms with E-state index in [-0.39, 0.29) is 5.91 Å². The average molecular weight is 365 g/mol. The zero-order chi connectivity index (χ0) is 19.1. The predicted molar refractivity (Wildman–Crippen MR) is 96.6 cm³/mol. The van der Waals surface area contributed by atoms with Crippen molar-refractivity contribution in [3.8, 4) is 0 Å². The van der Waals surface area contributed by atoms with E-state index in [9.17, 15) is 9.59 Å². The van der Waals surface area contributed by atoms with Gasteiger partial charge in [0.05, 0.1) is 12.7 Å². The Hall–Kier alpha value is -3.55. The number of methoxy groups -OCH3 is 1. The number of hydrogen-bond acceptors (Lipinski definition) is 6. The van der Waals surface area contributed by atoms with Crippen LogP contribution in [0.25, 0.3) is 0 Å². The van der Waals surface area contributed by atoms with E-state index in [4.69, 9.17) is 0 Å². The molecule has 1 unspecified atom stereocenters. The Morgan fingerprint density at radius 3 is 2.44 bits per heavy atom. The predicted octanol–water partition coefficient (Wildman–Crippen LogP) is 1.56. The lowest BCUT2D eigenvalue weighted by Gasteiger charge is -2.16. The van der Waals surface area contributed by atoms with Gasteiger partial charge in [0.1, 0.15) is 12.4 Å². The molecule has 0 radical (unpaired) electrons. The second kappa shape index (κ2) is 8.70. The largest absolute Gasteiger partial charge is 0.465 e. The highest BCUT2D eigenvalue weighted by atomic mass is 16.5. The Kier molecular flexibility index (Phi) is 5.88. The van der Waals surface area contributed by atoms with E-state index in [0.717, 1.165) is 11.1 Å². The Morgan fingerprint density at radius 2 is 1.81 bits per heavy atom. The molecule has 0 bridgehead atoms. The zero-order valence-electron chi connectivity index (χ0n) is 14.8. The fourth-order valence-electron chi connectivity index (χ4n) is 2.64. The number of ether oxygens (including phenoxy) is 1. The molecule has 1 heterocycles. The van der Waals surface area contributed by atoms with Crippen LogP contribution in [0.3, 0.4) is 0 Å². The Balaban J connectivity index is 1.67. The third-order valence-electron chi connectivity index (χ3n) is 4.10. The van der Waals surface area contributed by atoms with Crippen molar-refractivity contribution in [2.75, 3.05) is 7.11 Å². The van der Waals surface area contributed by atoms with Gasteiger partial charge in [-0.3, -0.25) is 4.79 Å². The number of benzene rings is 2. The van der Waals surface area contributed by atoms with Gasteiger partial charge in [-0.2, -0.15) is 0 Å². The maximum absolute atomic E-state index is 12.7. The van der Waals surface area contributed by atoms with Crippen LogP contribution in [-0.4, -0.2) is 39.2 Å². The molecule has 3 aromatic rings. The van der Waals surface area contributed by atoms with Gasteiger partial charge in [-0.1, -0.05) is 42.5 Å². The van der Waals surface area contributed by atoms with E-state index in [1.165, 1.54) is 18.1 Å². The molecule has 0 saturated heterocycles. The number of carbonyl (C=O) groups excluding carboxylic acids is 2. The molecule has 8 heteroatoms. The summed E-state index contributed by atoms with van der Waals surface area (Å²) in [5.74, 6) is -0.588. The summed E-state index contributed by atoms with van der Waals surface area (Å²) in [7, 11) is 1.34. The summed E-state index contributed by atoms with van der Waals surface area (Å²) >= 11 is 0. The van der Waals surface area contributed by atoms with Crippen molar-refractivity contribution < 1.29 is 14.3 Å². The summed E-state index contributed by atoms with van der Waals surface area (Å²) in [5, 5.41) is 14.0. The first-order valence-corrected chi connectivity index (χ1v) is 8.38. The molecule has 1 aromatic heterocycles. The highest BCUT2D eigenvalue weighted by molar-refractivity contribution is 5.89. The van der Waals surface area contributed by atoms with E-state index >= 15 is 0 Å². The summed E-state index contributed by atoms with van der Waals surface area (Å²) in [6.45, 7) is 0.327. The standard InChI is InChI=1S/C19H19N5O3/c1-27-19(26)16-9-7-15(8-10-16)12-20-18(25)17(24-13-21-22-23-24)11-14-5-3-2-4-6-14/h2-10,13,17H,11-12H2,1H3,(H,20,25). The molecule has 0 saturated carbocycles. The normalized spacial score (nSPS) is 11.6. The first-order chi connectivity index (χ1) is 13.2. The quantitative estimate of drug-likeness (QED) is 0.638. The highest BCUT2D eigenvalue weighted by Gasteiger charge is 2.22. The lowest BCUT2D eigenvalue weighted by Crippen LogP contribution is -2.34. The molecular weight excluding hydrogens is 346 g/mol. The molecule has 1 amide bonds. The van der Waals surface area contributed by atoms with E-state index < -0.39 is 12.0 Å². The topological polar surface area (TPSA) is 99.0 Å². The van der Waals surface area contributed by atoms with Crippen LogP contribution in [0.1, 0.15) is 27.5 Å². The number of nitrogens with one attached hydrogen (secondary N) is 1. The van der Waals surface area contributed by atoms with Gasteiger partial charge in [-0.25, -0.2) is 9.48 Å². The van der Waals surface area contributed by atoms with Crippen molar-refractivity contribution in [3.05, 3.63) is 77.6 Å². The number of tetrazole rings is 1. The molecule has 138 valence electrons. The van der Waals surface area contributed by atoms with Gasteiger partial charge < -0.3 is 10.1 Å². The molecule has 2 aromatic carbocycles. The summed E-state index contributed by atoms with van der Waals surface area (Å²) in [6.07, 6.45) is 1.90. The third kappa shape index (κ3) is 4.75.